The maximum atomic E-state index is 11.9. The molecule has 8 heteroatoms. The summed E-state index contributed by atoms with van der Waals surface area (Å²) >= 11 is 7.63. The van der Waals surface area contributed by atoms with Crippen LogP contribution in [0.1, 0.15) is 11.3 Å². The Kier molecular flexibility index (Phi) is 4.64. The average Bonchev–Trinajstić information content (AvgIpc) is 3.38. The van der Waals surface area contributed by atoms with Gasteiger partial charge in [-0.05, 0) is 35.2 Å². The molecule has 0 spiro atoms. The van der Waals surface area contributed by atoms with Crippen LogP contribution in [0.3, 0.4) is 0 Å². The molecule has 3 heterocycles. The number of hydrogen-bond donors (Lipinski definition) is 0. The van der Waals surface area contributed by atoms with E-state index in [2.05, 4.69) is 4.98 Å². The minimum atomic E-state index is -0.500. The van der Waals surface area contributed by atoms with Crippen LogP contribution >= 0.6 is 22.9 Å². The summed E-state index contributed by atoms with van der Waals surface area (Å²) in [5, 5.41) is 2.36. The predicted octanol–water partition coefficient (Wildman–Crippen LogP) is 4.54. The van der Waals surface area contributed by atoms with Crippen LogP contribution in [0.25, 0.3) is 16.8 Å². The molecule has 1 aromatic carbocycles. The topological polar surface area (TPSA) is 70.8 Å². The van der Waals surface area contributed by atoms with Gasteiger partial charge in [0.25, 0.3) is 0 Å². The van der Waals surface area contributed by atoms with Crippen LogP contribution in [0.4, 0.5) is 0 Å². The molecular weight excluding hydrogens is 378 g/mol. The van der Waals surface area contributed by atoms with Gasteiger partial charge in [-0.15, -0.1) is 11.3 Å². The Morgan fingerprint density at radius 3 is 3.15 bits per heavy atom. The number of fused-ring (bicyclic) bond motifs is 1. The highest BCUT2D eigenvalue weighted by atomic mass is 35.5. The molecule has 6 nitrogen and oxygen atoms in total. The first-order valence-electron chi connectivity index (χ1n) is 7.61. The van der Waals surface area contributed by atoms with Crippen molar-refractivity contribution in [2.24, 2.45) is 0 Å². The first kappa shape index (κ1) is 16.7. The first-order chi connectivity index (χ1) is 12.7. The Morgan fingerprint density at radius 1 is 1.38 bits per heavy atom. The van der Waals surface area contributed by atoms with Crippen molar-refractivity contribution in [3.05, 3.63) is 58.3 Å². The van der Waals surface area contributed by atoms with E-state index in [0.717, 1.165) is 4.88 Å². The molecule has 0 bridgehead atoms. The lowest BCUT2D eigenvalue weighted by Gasteiger charge is -2.01. The molecule has 0 unspecified atom stereocenters. The summed E-state index contributed by atoms with van der Waals surface area (Å²) < 4.78 is 21.1. The Hall–Kier alpha value is -2.77. The summed E-state index contributed by atoms with van der Waals surface area (Å²) in [5.74, 6) is 1.07. The third-order valence-electron chi connectivity index (χ3n) is 3.51. The Bertz CT molecular complexity index is 964. The third kappa shape index (κ3) is 3.58. The summed E-state index contributed by atoms with van der Waals surface area (Å²) in [7, 11) is 0. The molecule has 1 aliphatic heterocycles. The van der Waals surface area contributed by atoms with Gasteiger partial charge in [0.2, 0.25) is 12.7 Å². The fraction of sp³-hybridized carbons (Fsp3) is 0.111. The number of carbonyl (C=O) groups is 1. The molecular formula is C18H12ClNO5S. The van der Waals surface area contributed by atoms with Gasteiger partial charge in [0.1, 0.15) is 18.6 Å². The third-order valence-corrected chi connectivity index (χ3v) is 4.65. The molecule has 26 heavy (non-hydrogen) atoms. The number of benzene rings is 1. The highest BCUT2D eigenvalue weighted by Gasteiger charge is 2.17. The zero-order valence-electron chi connectivity index (χ0n) is 13.3. The second-order valence-corrected chi connectivity index (χ2v) is 6.65. The van der Waals surface area contributed by atoms with Crippen LogP contribution in [0, 0.1) is 0 Å². The number of hydrogen-bond acceptors (Lipinski definition) is 7. The number of esters is 1. The van der Waals surface area contributed by atoms with E-state index in [-0.39, 0.29) is 13.4 Å². The van der Waals surface area contributed by atoms with Crippen molar-refractivity contribution in [3.63, 3.8) is 0 Å². The second kappa shape index (κ2) is 7.23. The molecule has 0 radical (unpaired) electrons. The number of halogens is 1. The fourth-order valence-electron chi connectivity index (χ4n) is 2.33. The number of carbonyl (C=O) groups excluding carboxylic acids is 1. The van der Waals surface area contributed by atoms with Gasteiger partial charge in [0, 0.05) is 6.08 Å². The number of thiophene rings is 1. The van der Waals surface area contributed by atoms with Crippen molar-refractivity contribution in [1.29, 1.82) is 0 Å². The van der Waals surface area contributed by atoms with Gasteiger partial charge in [-0.25, -0.2) is 9.78 Å². The van der Waals surface area contributed by atoms with E-state index in [1.54, 1.807) is 18.2 Å². The minimum Gasteiger partial charge on any atom is -0.456 e. The van der Waals surface area contributed by atoms with E-state index in [4.69, 9.17) is 30.2 Å². The van der Waals surface area contributed by atoms with Gasteiger partial charge in [-0.1, -0.05) is 17.7 Å². The molecule has 1 aliphatic rings. The second-order valence-electron chi connectivity index (χ2n) is 5.30. The average molecular weight is 390 g/mol. The maximum Gasteiger partial charge on any atom is 0.331 e. The van der Waals surface area contributed by atoms with Gasteiger partial charge < -0.3 is 18.6 Å². The minimum absolute atomic E-state index is 0.0277. The summed E-state index contributed by atoms with van der Waals surface area (Å²) in [6.45, 7) is 0.162. The van der Waals surface area contributed by atoms with E-state index in [1.165, 1.54) is 23.7 Å². The van der Waals surface area contributed by atoms with Gasteiger partial charge in [0.05, 0.1) is 9.90 Å². The Morgan fingerprint density at radius 2 is 2.31 bits per heavy atom. The summed E-state index contributed by atoms with van der Waals surface area (Å²) in [5.41, 5.74) is 1.25. The molecule has 0 aliphatic carbocycles. The van der Waals surface area contributed by atoms with E-state index in [0.29, 0.717) is 33.7 Å². The summed E-state index contributed by atoms with van der Waals surface area (Å²) in [4.78, 5) is 17.1. The van der Waals surface area contributed by atoms with E-state index in [9.17, 15) is 4.79 Å². The van der Waals surface area contributed by atoms with Crippen LogP contribution in [-0.4, -0.2) is 17.7 Å². The molecule has 0 saturated heterocycles. The maximum absolute atomic E-state index is 11.9. The summed E-state index contributed by atoms with van der Waals surface area (Å²) in [6.07, 6.45) is 4.38. The molecule has 2 aromatic heterocycles. The number of rotatable bonds is 5. The monoisotopic (exact) mass is 389 g/mol. The lowest BCUT2D eigenvalue weighted by Crippen LogP contribution is -2.00. The predicted molar refractivity (Wildman–Crippen MR) is 96.2 cm³/mol. The van der Waals surface area contributed by atoms with Gasteiger partial charge in [-0.2, -0.15) is 0 Å². The van der Waals surface area contributed by atoms with Gasteiger partial charge >= 0.3 is 5.97 Å². The van der Waals surface area contributed by atoms with Crippen molar-refractivity contribution >= 4 is 35.0 Å². The molecule has 0 fully saturated rings. The SMILES string of the molecule is O=C(/C=C/c1cc(Cl)c2c(c1)OCO2)OCc1coc(-c2cccs2)n1. The molecule has 4 rings (SSSR count). The smallest absolute Gasteiger partial charge is 0.331 e. The van der Waals surface area contributed by atoms with Crippen LogP contribution in [-0.2, 0) is 16.1 Å². The number of oxazole rings is 1. The van der Waals surface area contributed by atoms with Crippen LogP contribution in [0.5, 0.6) is 11.5 Å². The lowest BCUT2D eigenvalue weighted by atomic mass is 10.2. The molecule has 0 saturated carbocycles. The molecule has 132 valence electrons. The van der Waals surface area contributed by atoms with E-state index >= 15 is 0 Å². The van der Waals surface area contributed by atoms with Crippen LogP contribution in [0.2, 0.25) is 5.02 Å². The first-order valence-corrected chi connectivity index (χ1v) is 8.87. The number of ether oxygens (including phenoxy) is 3. The Balaban J connectivity index is 1.36. The molecule has 0 amide bonds. The largest absolute Gasteiger partial charge is 0.456 e. The standard InChI is InChI=1S/C18H12ClNO5S/c19-13-6-11(7-14-17(13)25-10-24-14)3-4-16(21)22-8-12-9-23-18(20-12)15-2-1-5-26-15/h1-7,9H,8,10H2/b4-3+. The van der Waals surface area contributed by atoms with Crippen molar-refractivity contribution in [1.82, 2.24) is 4.98 Å². The van der Waals surface area contributed by atoms with E-state index < -0.39 is 5.97 Å². The lowest BCUT2D eigenvalue weighted by molar-refractivity contribution is -0.139. The molecule has 3 aromatic rings. The molecule has 0 N–H and O–H groups in total. The van der Waals surface area contributed by atoms with Crippen molar-refractivity contribution in [2.75, 3.05) is 6.79 Å². The van der Waals surface area contributed by atoms with Crippen molar-refractivity contribution < 1.29 is 23.4 Å². The quantitative estimate of drug-likeness (QED) is 0.471. The van der Waals surface area contributed by atoms with Crippen molar-refractivity contribution in [2.45, 2.75) is 6.61 Å². The summed E-state index contributed by atoms with van der Waals surface area (Å²) in [6, 6.07) is 7.25. The highest BCUT2D eigenvalue weighted by molar-refractivity contribution is 7.13. The number of nitrogens with zero attached hydrogens (tertiary/aromatic N) is 1. The van der Waals surface area contributed by atoms with Crippen molar-refractivity contribution in [3.8, 4) is 22.3 Å². The normalized spacial score (nSPS) is 12.7. The van der Waals surface area contributed by atoms with Gasteiger partial charge in [-0.3, -0.25) is 0 Å². The fourth-order valence-corrected chi connectivity index (χ4v) is 3.26. The number of aromatic nitrogens is 1. The highest BCUT2D eigenvalue weighted by Crippen LogP contribution is 2.40. The molecule has 0 atom stereocenters. The zero-order valence-corrected chi connectivity index (χ0v) is 14.9. The van der Waals surface area contributed by atoms with Crippen LogP contribution in [0.15, 0.2) is 46.4 Å². The van der Waals surface area contributed by atoms with Crippen LogP contribution < -0.4 is 9.47 Å². The zero-order chi connectivity index (χ0) is 17.9. The van der Waals surface area contributed by atoms with Gasteiger partial charge in [0.15, 0.2) is 11.5 Å². The Labute approximate surface area is 157 Å². The van der Waals surface area contributed by atoms with E-state index in [1.807, 2.05) is 17.5 Å².